The number of halogens is 6. The molecule has 2 aromatic rings. The van der Waals surface area contributed by atoms with Gasteiger partial charge in [0, 0.05) is 11.1 Å². The molecule has 0 heterocycles. The summed E-state index contributed by atoms with van der Waals surface area (Å²) < 4.78 is 85.1. The van der Waals surface area contributed by atoms with Gasteiger partial charge in [-0.05, 0) is 55.2 Å². The summed E-state index contributed by atoms with van der Waals surface area (Å²) in [4.78, 5) is 0. The zero-order valence-corrected chi connectivity index (χ0v) is 16.7. The Hall–Kier alpha value is -2.18. The van der Waals surface area contributed by atoms with Crippen LogP contribution in [0.2, 0.25) is 0 Å². The third-order valence-corrected chi connectivity index (χ3v) is 5.74. The third-order valence-electron chi connectivity index (χ3n) is 5.74. The average molecular weight is 430 g/mol. The van der Waals surface area contributed by atoms with Crippen LogP contribution in [0.3, 0.4) is 0 Å². The van der Waals surface area contributed by atoms with Crippen LogP contribution in [0.5, 0.6) is 5.75 Å². The maximum absolute atomic E-state index is 15.2. The molecular weight excluding hydrogens is 406 g/mol. The van der Waals surface area contributed by atoms with E-state index in [1.54, 1.807) is 12.1 Å². The second-order valence-corrected chi connectivity index (χ2v) is 7.86. The number of benzene rings is 2. The van der Waals surface area contributed by atoms with Crippen molar-refractivity contribution in [2.45, 2.75) is 57.5 Å². The van der Waals surface area contributed by atoms with Crippen LogP contribution in [-0.4, -0.2) is 12.8 Å². The SMILES string of the molecule is CCCC1CCC(c2cccc(-c3ccc(OCC(F)(F)F)c(F)c3F)c2F)CC1. The predicted molar refractivity (Wildman–Crippen MR) is 103 cm³/mol. The standard InChI is InChI=1S/C23H24F6O/c1-2-4-14-7-9-15(10-8-14)16-5-3-6-17(20(16)24)18-11-12-19(22(26)21(18)25)30-13-23(27,28)29/h3,5-6,11-12,14-15H,2,4,7-10,13H2,1H3. The van der Waals surface area contributed by atoms with Crippen molar-refractivity contribution in [3.8, 4) is 16.9 Å². The van der Waals surface area contributed by atoms with Crippen LogP contribution in [0.15, 0.2) is 30.3 Å². The number of rotatable bonds is 6. The Morgan fingerprint density at radius 3 is 2.17 bits per heavy atom. The largest absolute Gasteiger partial charge is 0.481 e. The molecule has 30 heavy (non-hydrogen) atoms. The van der Waals surface area contributed by atoms with Gasteiger partial charge in [0.25, 0.3) is 0 Å². The van der Waals surface area contributed by atoms with E-state index in [0.29, 0.717) is 11.5 Å². The lowest BCUT2D eigenvalue weighted by molar-refractivity contribution is -0.153. The van der Waals surface area contributed by atoms with Gasteiger partial charge >= 0.3 is 6.18 Å². The summed E-state index contributed by atoms with van der Waals surface area (Å²) in [6.07, 6.45) is 1.29. The van der Waals surface area contributed by atoms with Crippen molar-refractivity contribution in [3.63, 3.8) is 0 Å². The van der Waals surface area contributed by atoms with Crippen LogP contribution in [-0.2, 0) is 0 Å². The Balaban J connectivity index is 1.85. The quantitative estimate of drug-likeness (QED) is 0.425. The van der Waals surface area contributed by atoms with Crippen LogP contribution >= 0.6 is 0 Å². The molecule has 3 rings (SSSR count). The molecule has 1 nitrogen and oxygen atoms in total. The normalized spacial score (nSPS) is 19.7. The van der Waals surface area contributed by atoms with Gasteiger partial charge in [-0.2, -0.15) is 17.6 Å². The molecule has 0 atom stereocenters. The van der Waals surface area contributed by atoms with E-state index in [4.69, 9.17) is 0 Å². The van der Waals surface area contributed by atoms with Crippen LogP contribution in [0, 0.1) is 23.4 Å². The highest BCUT2D eigenvalue weighted by Gasteiger charge is 2.30. The molecule has 0 N–H and O–H groups in total. The highest BCUT2D eigenvalue weighted by molar-refractivity contribution is 5.67. The van der Waals surface area contributed by atoms with Gasteiger partial charge in [-0.25, -0.2) is 8.78 Å². The van der Waals surface area contributed by atoms with Gasteiger partial charge in [0.1, 0.15) is 5.82 Å². The summed E-state index contributed by atoms with van der Waals surface area (Å²) >= 11 is 0. The molecule has 1 saturated carbocycles. The summed E-state index contributed by atoms with van der Waals surface area (Å²) in [7, 11) is 0. The Morgan fingerprint density at radius 2 is 1.53 bits per heavy atom. The Kier molecular flexibility index (Phi) is 6.98. The summed E-state index contributed by atoms with van der Waals surface area (Å²) in [5.74, 6) is -3.81. The maximum atomic E-state index is 15.2. The summed E-state index contributed by atoms with van der Waals surface area (Å²) in [6.45, 7) is 0.398. The average Bonchev–Trinajstić information content (AvgIpc) is 2.70. The van der Waals surface area contributed by atoms with Crippen molar-refractivity contribution >= 4 is 0 Å². The van der Waals surface area contributed by atoms with Gasteiger partial charge in [0.05, 0.1) is 0 Å². The first kappa shape index (κ1) is 22.5. The molecule has 1 fully saturated rings. The lowest BCUT2D eigenvalue weighted by atomic mass is 9.76. The van der Waals surface area contributed by atoms with E-state index in [2.05, 4.69) is 11.7 Å². The van der Waals surface area contributed by atoms with Gasteiger partial charge in [-0.1, -0.05) is 38.0 Å². The zero-order chi connectivity index (χ0) is 21.9. The fourth-order valence-corrected chi connectivity index (χ4v) is 4.25. The van der Waals surface area contributed by atoms with Crippen molar-refractivity contribution in [1.29, 1.82) is 0 Å². The number of hydrogen-bond acceptors (Lipinski definition) is 1. The molecule has 1 aliphatic rings. The van der Waals surface area contributed by atoms with E-state index < -0.39 is 36.0 Å². The fraction of sp³-hybridized carbons (Fsp3) is 0.478. The van der Waals surface area contributed by atoms with E-state index in [-0.39, 0.29) is 17.0 Å². The highest BCUT2D eigenvalue weighted by atomic mass is 19.4. The molecule has 1 aliphatic carbocycles. The van der Waals surface area contributed by atoms with Crippen molar-refractivity contribution in [3.05, 3.63) is 53.3 Å². The van der Waals surface area contributed by atoms with Crippen LogP contribution in [0.1, 0.15) is 56.9 Å². The molecule has 7 heteroatoms. The first-order chi connectivity index (χ1) is 14.2. The van der Waals surface area contributed by atoms with E-state index in [9.17, 15) is 22.0 Å². The Morgan fingerprint density at radius 1 is 0.867 bits per heavy atom. The first-order valence-corrected chi connectivity index (χ1v) is 10.2. The molecule has 0 radical (unpaired) electrons. The minimum Gasteiger partial charge on any atom is -0.481 e. The van der Waals surface area contributed by atoms with Crippen LogP contribution in [0.4, 0.5) is 26.3 Å². The predicted octanol–water partition coefficient (Wildman–Crippen LogP) is 7.79. The maximum Gasteiger partial charge on any atom is 0.422 e. The number of hydrogen-bond donors (Lipinski definition) is 0. The third kappa shape index (κ3) is 5.10. The van der Waals surface area contributed by atoms with E-state index >= 15 is 4.39 Å². The van der Waals surface area contributed by atoms with Gasteiger partial charge in [-0.3, -0.25) is 0 Å². The van der Waals surface area contributed by atoms with Crippen molar-refractivity contribution in [1.82, 2.24) is 0 Å². The molecule has 0 saturated heterocycles. The number of alkyl halides is 3. The van der Waals surface area contributed by atoms with Gasteiger partial charge in [0.2, 0.25) is 5.82 Å². The van der Waals surface area contributed by atoms with Crippen molar-refractivity contribution in [2.24, 2.45) is 5.92 Å². The van der Waals surface area contributed by atoms with Crippen LogP contribution < -0.4 is 4.74 Å². The fourth-order valence-electron chi connectivity index (χ4n) is 4.25. The molecule has 0 unspecified atom stereocenters. The second kappa shape index (κ2) is 9.31. The highest BCUT2D eigenvalue weighted by Crippen LogP contribution is 2.41. The van der Waals surface area contributed by atoms with Gasteiger partial charge < -0.3 is 4.74 Å². The molecule has 2 aromatic carbocycles. The minimum atomic E-state index is -4.68. The van der Waals surface area contributed by atoms with E-state index in [1.807, 2.05) is 0 Å². The Bertz CT molecular complexity index is 869. The van der Waals surface area contributed by atoms with E-state index in [0.717, 1.165) is 50.7 Å². The van der Waals surface area contributed by atoms with Crippen molar-refractivity contribution < 1.29 is 31.1 Å². The summed E-state index contributed by atoms with van der Waals surface area (Å²) in [6, 6.07) is 6.54. The van der Waals surface area contributed by atoms with E-state index in [1.165, 1.54) is 6.07 Å². The van der Waals surface area contributed by atoms with Crippen LogP contribution in [0.25, 0.3) is 11.1 Å². The zero-order valence-electron chi connectivity index (χ0n) is 16.7. The lowest BCUT2D eigenvalue weighted by Crippen LogP contribution is -2.19. The van der Waals surface area contributed by atoms with Gasteiger partial charge in [-0.15, -0.1) is 0 Å². The van der Waals surface area contributed by atoms with Crippen molar-refractivity contribution in [2.75, 3.05) is 6.61 Å². The molecule has 164 valence electrons. The second-order valence-electron chi connectivity index (χ2n) is 7.86. The van der Waals surface area contributed by atoms with Gasteiger partial charge in [0.15, 0.2) is 18.2 Å². The molecule has 0 bridgehead atoms. The number of ether oxygens (including phenoxy) is 1. The summed E-state index contributed by atoms with van der Waals surface area (Å²) in [5.41, 5.74) is 0.0208. The first-order valence-electron chi connectivity index (χ1n) is 10.2. The molecular formula is C23H24F6O. The topological polar surface area (TPSA) is 9.23 Å². The molecule has 0 aliphatic heterocycles. The smallest absolute Gasteiger partial charge is 0.422 e. The monoisotopic (exact) mass is 430 g/mol. The molecule has 0 aromatic heterocycles. The Labute approximate surface area is 172 Å². The summed E-state index contributed by atoms with van der Waals surface area (Å²) in [5, 5.41) is 0. The minimum absolute atomic E-state index is 0.0142. The molecule has 0 spiro atoms. The lowest BCUT2D eigenvalue weighted by Gasteiger charge is -2.29. The molecule has 0 amide bonds.